The molecule has 1 fully saturated rings. The average molecular weight is 507 g/mol. The van der Waals surface area contributed by atoms with Crippen molar-refractivity contribution in [2.24, 2.45) is 7.05 Å². The van der Waals surface area contributed by atoms with Crippen molar-refractivity contribution in [3.63, 3.8) is 0 Å². The highest BCUT2D eigenvalue weighted by Crippen LogP contribution is 2.33. The predicted molar refractivity (Wildman–Crippen MR) is 144 cm³/mol. The maximum absolute atomic E-state index is 15.6. The standard InChI is InChI=1S/C30H39FN4O2/c1-29(2,3)37-28(36)35-15-13-30(31,14-16-35)12-11-21-17-22(20-32-19-21)18-23-9-10-25-24-7-5-6-8-26(24)34(4)27(25)33-23/h9-10,17,19-20H,5-8,11-16,18H2,1-4H3. The van der Waals surface area contributed by atoms with Crippen molar-refractivity contribution in [3.8, 4) is 0 Å². The Morgan fingerprint density at radius 3 is 2.59 bits per heavy atom. The fourth-order valence-electron chi connectivity index (χ4n) is 5.77. The Kier molecular flexibility index (Phi) is 6.99. The number of rotatable bonds is 5. The predicted octanol–water partition coefficient (Wildman–Crippen LogP) is 6.11. The number of aromatic nitrogens is 3. The van der Waals surface area contributed by atoms with Crippen LogP contribution in [0.4, 0.5) is 9.18 Å². The number of fused-ring (bicyclic) bond motifs is 3. The lowest BCUT2D eigenvalue weighted by Crippen LogP contribution is -2.46. The van der Waals surface area contributed by atoms with Crippen LogP contribution < -0.4 is 0 Å². The van der Waals surface area contributed by atoms with Crippen LogP contribution in [-0.4, -0.2) is 49.9 Å². The lowest BCUT2D eigenvalue weighted by atomic mass is 9.87. The number of piperidine rings is 1. The van der Waals surface area contributed by atoms with E-state index in [-0.39, 0.29) is 6.09 Å². The summed E-state index contributed by atoms with van der Waals surface area (Å²) in [6.07, 6.45) is 10.6. The number of likely N-dealkylation sites (tertiary alicyclic amines) is 1. The van der Waals surface area contributed by atoms with Gasteiger partial charge in [-0.1, -0.05) is 6.07 Å². The molecule has 2 aliphatic rings. The molecule has 6 nitrogen and oxygen atoms in total. The van der Waals surface area contributed by atoms with Gasteiger partial charge in [0.15, 0.2) is 0 Å². The second-order valence-corrected chi connectivity index (χ2v) is 11.9. The summed E-state index contributed by atoms with van der Waals surface area (Å²) in [6.45, 7) is 6.32. The number of amides is 1. The number of carbonyl (C=O) groups excluding carboxylic acids is 1. The monoisotopic (exact) mass is 506 g/mol. The van der Waals surface area contributed by atoms with Crippen molar-refractivity contribution < 1.29 is 13.9 Å². The van der Waals surface area contributed by atoms with Gasteiger partial charge < -0.3 is 14.2 Å². The van der Waals surface area contributed by atoms with Gasteiger partial charge >= 0.3 is 6.09 Å². The third kappa shape index (κ3) is 5.81. The Labute approximate surface area is 219 Å². The fraction of sp³-hybridized carbons (Fsp3) is 0.567. The topological polar surface area (TPSA) is 60.2 Å². The highest BCUT2D eigenvalue weighted by molar-refractivity contribution is 5.82. The maximum atomic E-state index is 15.6. The molecule has 3 aromatic rings. The van der Waals surface area contributed by atoms with Crippen molar-refractivity contribution >= 4 is 17.1 Å². The first-order valence-electron chi connectivity index (χ1n) is 13.7. The van der Waals surface area contributed by atoms with Gasteiger partial charge in [0, 0.05) is 55.7 Å². The molecule has 0 spiro atoms. The van der Waals surface area contributed by atoms with Gasteiger partial charge in [-0.2, -0.15) is 0 Å². The first kappa shape index (κ1) is 25.7. The van der Waals surface area contributed by atoms with E-state index in [0.717, 1.165) is 35.3 Å². The van der Waals surface area contributed by atoms with Crippen LogP contribution in [0.2, 0.25) is 0 Å². The van der Waals surface area contributed by atoms with E-state index >= 15 is 4.39 Å². The molecule has 1 aliphatic carbocycles. The van der Waals surface area contributed by atoms with E-state index in [1.165, 1.54) is 29.5 Å². The molecule has 1 saturated heterocycles. The SMILES string of the molecule is Cn1c2c(c3ccc(Cc4cncc(CCC5(F)CCN(C(=O)OC(C)(C)C)CC5)c4)nc31)CCCC2. The lowest BCUT2D eigenvalue weighted by Gasteiger charge is -2.37. The summed E-state index contributed by atoms with van der Waals surface area (Å²) in [4.78, 5) is 23.4. The highest BCUT2D eigenvalue weighted by Gasteiger charge is 2.36. The zero-order valence-corrected chi connectivity index (χ0v) is 22.6. The van der Waals surface area contributed by atoms with Gasteiger partial charge in [-0.25, -0.2) is 14.2 Å². The van der Waals surface area contributed by atoms with Crippen LogP contribution in [-0.2, 0) is 37.5 Å². The van der Waals surface area contributed by atoms with Crippen molar-refractivity contribution in [2.45, 2.75) is 89.8 Å². The maximum Gasteiger partial charge on any atom is 0.410 e. The lowest BCUT2D eigenvalue weighted by molar-refractivity contribution is 0.00155. The third-order valence-corrected chi connectivity index (χ3v) is 7.83. The van der Waals surface area contributed by atoms with Crippen LogP contribution in [0.25, 0.3) is 11.0 Å². The van der Waals surface area contributed by atoms with E-state index in [4.69, 9.17) is 9.72 Å². The number of pyridine rings is 2. The van der Waals surface area contributed by atoms with Gasteiger partial charge in [-0.15, -0.1) is 0 Å². The van der Waals surface area contributed by atoms with Crippen molar-refractivity contribution in [3.05, 3.63) is 58.7 Å². The minimum Gasteiger partial charge on any atom is -0.444 e. The van der Waals surface area contributed by atoms with Gasteiger partial charge in [-0.05, 0) is 101 Å². The minimum atomic E-state index is -1.27. The zero-order chi connectivity index (χ0) is 26.2. The van der Waals surface area contributed by atoms with E-state index in [9.17, 15) is 4.79 Å². The van der Waals surface area contributed by atoms with Crippen molar-refractivity contribution in [1.82, 2.24) is 19.4 Å². The molecule has 0 N–H and O–H groups in total. The summed E-state index contributed by atoms with van der Waals surface area (Å²) >= 11 is 0. The summed E-state index contributed by atoms with van der Waals surface area (Å²) in [5.74, 6) is 0. The molecule has 0 saturated carbocycles. The number of aryl methyl sites for hydroxylation is 3. The normalized spacial score (nSPS) is 17.6. The number of alkyl halides is 1. The number of ether oxygens (including phenoxy) is 1. The molecule has 1 aliphatic heterocycles. The van der Waals surface area contributed by atoms with E-state index in [2.05, 4.69) is 34.8 Å². The quantitative estimate of drug-likeness (QED) is 0.419. The van der Waals surface area contributed by atoms with Crippen LogP contribution in [0.15, 0.2) is 30.6 Å². The second-order valence-electron chi connectivity index (χ2n) is 11.9. The molecule has 0 aromatic carbocycles. The molecule has 37 heavy (non-hydrogen) atoms. The first-order valence-corrected chi connectivity index (χ1v) is 13.7. The van der Waals surface area contributed by atoms with Gasteiger partial charge in [0.25, 0.3) is 0 Å². The average Bonchev–Trinajstić information content (AvgIpc) is 3.14. The molecule has 3 aromatic heterocycles. The second kappa shape index (κ2) is 10.1. The summed E-state index contributed by atoms with van der Waals surface area (Å²) in [5, 5.41) is 1.29. The summed E-state index contributed by atoms with van der Waals surface area (Å²) in [6, 6.07) is 6.50. The molecule has 1 amide bonds. The van der Waals surface area contributed by atoms with E-state index < -0.39 is 11.3 Å². The molecule has 0 bridgehead atoms. The van der Waals surface area contributed by atoms with E-state index in [1.54, 1.807) is 4.90 Å². The molecule has 0 unspecified atom stereocenters. The Hall–Kier alpha value is -2.96. The van der Waals surface area contributed by atoms with Gasteiger partial charge in [-0.3, -0.25) is 4.98 Å². The highest BCUT2D eigenvalue weighted by atomic mass is 19.1. The number of carbonyl (C=O) groups is 1. The molecular weight excluding hydrogens is 467 g/mol. The number of hydrogen-bond acceptors (Lipinski definition) is 4. The zero-order valence-electron chi connectivity index (χ0n) is 22.6. The van der Waals surface area contributed by atoms with E-state index in [0.29, 0.717) is 45.2 Å². The molecule has 198 valence electrons. The molecule has 4 heterocycles. The van der Waals surface area contributed by atoms with Crippen molar-refractivity contribution in [2.75, 3.05) is 13.1 Å². The number of nitrogens with zero attached hydrogens (tertiary/aromatic N) is 4. The first-order chi connectivity index (χ1) is 17.6. The van der Waals surface area contributed by atoms with Crippen LogP contribution in [0.3, 0.4) is 0 Å². The number of halogens is 1. The largest absolute Gasteiger partial charge is 0.444 e. The van der Waals surface area contributed by atoms with Crippen molar-refractivity contribution in [1.29, 1.82) is 0 Å². The molecule has 0 radical (unpaired) electrons. The molecule has 0 atom stereocenters. The minimum absolute atomic E-state index is 0.337. The van der Waals surface area contributed by atoms with Crippen LogP contribution in [0, 0.1) is 0 Å². The van der Waals surface area contributed by atoms with E-state index in [1.807, 2.05) is 33.2 Å². The van der Waals surface area contributed by atoms with Crippen LogP contribution in [0.5, 0.6) is 0 Å². The third-order valence-electron chi connectivity index (χ3n) is 7.83. The Bertz CT molecular complexity index is 1280. The summed E-state index contributed by atoms with van der Waals surface area (Å²) < 4.78 is 23.3. The van der Waals surface area contributed by atoms with Gasteiger partial charge in [0.1, 0.15) is 16.9 Å². The smallest absolute Gasteiger partial charge is 0.410 e. The Morgan fingerprint density at radius 2 is 1.84 bits per heavy atom. The Morgan fingerprint density at radius 1 is 1.11 bits per heavy atom. The molecule has 5 rings (SSSR count). The van der Waals surface area contributed by atoms with Gasteiger partial charge in [0.05, 0.1) is 0 Å². The van der Waals surface area contributed by atoms with Crippen LogP contribution >= 0.6 is 0 Å². The number of hydrogen-bond donors (Lipinski definition) is 0. The van der Waals surface area contributed by atoms with Crippen LogP contribution in [0.1, 0.15) is 81.0 Å². The summed E-state index contributed by atoms with van der Waals surface area (Å²) in [7, 11) is 2.14. The Balaban J connectivity index is 1.20. The molecular formula is C30H39FN4O2. The molecule has 7 heteroatoms. The fourth-order valence-corrected chi connectivity index (χ4v) is 5.77. The summed E-state index contributed by atoms with van der Waals surface area (Å²) in [5.41, 5.74) is 5.34. The van der Waals surface area contributed by atoms with Gasteiger partial charge in [0.2, 0.25) is 0 Å².